The Labute approximate surface area is 110 Å². The van der Waals surface area contributed by atoms with Crippen LogP contribution < -0.4 is 5.32 Å². The Balaban J connectivity index is 2.20. The highest BCUT2D eigenvalue weighted by Gasteiger charge is 2.10. The number of nitrogens with one attached hydrogen (secondary N) is 1. The molecule has 1 aromatic heterocycles. The molecule has 0 radical (unpaired) electrons. The maximum atomic E-state index is 5.78. The van der Waals surface area contributed by atoms with Crippen LogP contribution in [0.25, 0.3) is 11.0 Å². The lowest BCUT2D eigenvalue weighted by Crippen LogP contribution is -2.18. The number of benzene rings is 1. The fraction of sp³-hybridized carbons (Fsp3) is 0.286. The zero-order valence-corrected chi connectivity index (χ0v) is 11.5. The zero-order chi connectivity index (χ0) is 12.3. The standard InChI is InChI=1S/C14H14BrNO/c1-3-4-7-16-10(2)14-9-11-8-12(15)5-6-13(11)17-14/h5-6,8-10,16H,7H2,1-2H3. The lowest BCUT2D eigenvalue weighted by Gasteiger charge is -2.07. The van der Waals surface area contributed by atoms with Crippen molar-refractivity contribution in [3.63, 3.8) is 0 Å². The van der Waals surface area contributed by atoms with E-state index in [1.54, 1.807) is 0 Å². The van der Waals surface area contributed by atoms with Crippen molar-refractivity contribution in [2.24, 2.45) is 0 Å². The van der Waals surface area contributed by atoms with Crippen LogP contribution in [0.2, 0.25) is 0 Å². The van der Waals surface area contributed by atoms with Gasteiger partial charge in [-0.3, -0.25) is 5.32 Å². The second kappa shape index (κ2) is 5.39. The van der Waals surface area contributed by atoms with E-state index in [0.717, 1.165) is 21.2 Å². The molecule has 3 heteroatoms. The lowest BCUT2D eigenvalue weighted by molar-refractivity contribution is 0.467. The molecule has 1 atom stereocenters. The van der Waals surface area contributed by atoms with Gasteiger partial charge in [-0.25, -0.2) is 0 Å². The fourth-order valence-electron chi connectivity index (χ4n) is 1.64. The van der Waals surface area contributed by atoms with E-state index in [-0.39, 0.29) is 6.04 Å². The third-order valence-electron chi connectivity index (χ3n) is 2.60. The van der Waals surface area contributed by atoms with Gasteiger partial charge in [0, 0.05) is 9.86 Å². The van der Waals surface area contributed by atoms with Crippen LogP contribution in [-0.4, -0.2) is 6.54 Å². The van der Waals surface area contributed by atoms with E-state index in [0.29, 0.717) is 6.54 Å². The van der Waals surface area contributed by atoms with Gasteiger partial charge in [-0.15, -0.1) is 5.92 Å². The van der Waals surface area contributed by atoms with E-state index < -0.39 is 0 Å². The second-order valence-corrected chi connectivity index (χ2v) is 4.78. The number of halogens is 1. The van der Waals surface area contributed by atoms with E-state index in [4.69, 9.17) is 4.42 Å². The maximum Gasteiger partial charge on any atom is 0.134 e. The highest BCUT2D eigenvalue weighted by atomic mass is 79.9. The largest absolute Gasteiger partial charge is 0.459 e. The van der Waals surface area contributed by atoms with Crippen molar-refractivity contribution in [1.82, 2.24) is 5.32 Å². The number of hydrogen-bond acceptors (Lipinski definition) is 2. The van der Waals surface area contributed by atoms with E-state index in [1.807, 2.05) is 19.1 Å². The van der Waals surface area contributed by atoms with Gasteiger partial charge in [0.25, 0.3) is 0 Å². The summed E-state index contributed by atoms with van der Waals surface area (Å²) >= 11 is 3.45. The van der Waals surface area contributed by atoms with Gasteiger partial charge in [0.1, 0.15) is 11.3 Å². The smallest absolute Gasteiger partial charge is 0.134 e. The van der Waals surface area contributed by atoms with Crippen molar-refractivity contribution in [3.05, 3.63) is 34.5 Å². The molecule has 0 saturated carbocycles. The first-order valence-corrected chi connectivity index (χ1v) is 6.32. The molecule has 0 fully saturated rings. The topological polar surface area (TPSA) is 25.2 Å². The molecule has 88 valence electrons. The van der Waals surface area contributed by atoms with Gasteiger partial charge in [-0.05, 0) is 38.1 Å². The molecule has 2 aromatic rings. The average Bonchev–Trinajstić information content (AvgIpc) is 2.72. The Kier molecular flexibility index (Phi) is 3.88. The molecule has 0 spiro atoms. The summed E-state index contributed by atoms with van der Waals surface area (Å²) in [6, 6.07) is 8.25. The second-order valence-electron chi connectivity index (χ2n) is 3.86. The summed E-state index contributed by atoms with van der Waals surface area (Å²) in [5.74, 6) is 6.78. The van der Waals surface area contributed by atoms with Crippen LogP contribution in [0.3, 0.4) is 0 Å². The number of rotatable bonds is 3. The summed E-state index contributed by atoms with van der Waals surface area (Å²) in [7, 11) is 0. The minimum atomic E-state index is 0.169. The van der Waals surface area contributed by atoms with Crippen LogP contribution >= 0.6 is 15.9 Å². The van der Waals surface area contributed by atoms with Gasteiger partial charge in [0.2, 0.25) is 0 Å². The van der Waals surface area contributed by atoms with E-state index in [9.17, 15) is 0 Å². The number of fused-ring (bicyclic) bond motifs is 1. The van der Waals surface area contributed by atoms with E-state index >= 15 is 0 Å². The number of hydrogen-bond donors (Lipinski definition) is 1. The normalized spacial score (nSPS) is 12.2. The van der Waals surface area contributed by atoms with Gasteiger partial charge in [0.05, 0.1) is 12.6 Å². The van der Waals surface area contributed by atoms with Gasteiger partial charge in [0.15, 0.2) is 0 Å². The highest BCUT2D eigenvalue weighted by molar-refractivity contribution is 9.10. The first-order chi connectivity index (χ1) is 8.20. The molecular formula is C14H14BrNO. The summed E-state index contributed by atoms with van der Waals surface area (Å²) in [6.07, 6.45) is 0. The minimum absolute atomic E-state index is 0.169. The monoisotopic (exact) mass is 291 g/mol. The van der Waals surface area contributed by atoms with Crippen molar-refractivity contribution < 1.29 is 4.42 Å². The quantitative estimate of drug-likeness (QED) is 0.869. The average molecular weight is 292 g/mol. The Morgan fingerprint density at radius 3 is 3.00 bits per heavy atom. The predicted octanol–water partition coefficient (Wildman–Crippen LogP) is 3.87. The summed E-state index contributed by atoms with van der Waals surface area (Å²) in [6.45, 7) is 4.59. The van der Waals surface area contributed by atoms with Crippen LogP contribution in [0.5, 0.6) is 0 Å². The molecule has 1 unspecified atom stereocenters. The fourth-order valence-corrected chi connectivity index (χ4v) is 2.02. The maximum absolute atomic E-state index is 5.78. The van der Waals surface area contributed by atoms with Gasteiger partial charge < -0.3 is 4.42 Å². The summed E-state index contributed by atoms with van der Waals surface area (Å²) in [4.78, 5) is 0. The highest BCUT2D eigenvalue weighted by Crippen LogP contribution is 2.26. The molecule has 0 aliphatic carbocycles. The van der Waals surface area contributed by atoms with Crippen molar-refractivity contribution >= 4 is 26.9 Å². The lowest BCUT2D eigenvalue weighted by atomic mass is 10.2. The van der Waals surface area contributed by atoms with Crippen LogP contribution in [-0.2, 0) is 0 Å². The third-order valence-corrected chi connectivity index (χ3v) is 3.09. The summed E-state index contributed by atoms with van der Waals surface area (Å²) in [5, 5.41) is 4.41. The Bertz CT molecular complexity index is 577. The molecule has 1 heterocycles. The summed E-state index contributed by atoms with van der Waals surface area (Å²) < 4.78 is 6.85. The molecule has 0 saturated heterocycles. The van der Waals surface area contributed by atoms with Crippen molar-refractivity contribution in [3.8, 4) is 11.8 Å². The van der Waals surface area contributed by atoms with Gasteiger partial charge in [-0.2, -0.15) is 0 Å². The van der Waals surface area contributed by atoms with Crippen LogP contribution in [0, 0.1) is 11.8 Å². The third kappa shape index (κ3) is 2.91. The molecule has 17 heavy (non-hydrogen) atoms. The first kappa shape index (κ1) is 12.2. The molecule has 0 aliphatic heterocycles. The Hall–Kier alpha value is -1.24. The van der Waals surface area contributed by atoms with Gasteiger partial charge >= 0.3 is 0 Å². The van der Waals surface area contributed by atoms with E-state index in [2.05, 4.69) is 52.1 Å². The van der Waals surface area contributed by atoms with Crippen LogP contribution in [0.15, 0.2) is 33.2 Å². The molecule has 0 aliphatic rings. The van der Waals surface area contributed by atoms with Crippen LogP contribution in [0.1, 0.15) is 25.6 Å². The van der Waals surface area contributed by atoms with Crippen molar-refractivity contribution in [1.29, 1.82) is 0 Å². The first-order valence-electron chi connectivity index (χ1n) is 5.52. The minimum Gasteiger partial charge on any atom is -0.459 e. The SMILES string of the molecule is CC#CCNC(C)c1cc2cc(Br)ccc2o1. The summed E-state index contributed by atoms with van der Waals surface area (Å²) in [5.41, 5.74) is 0.915. The van der Waals surface area contributed by atoms with Crippen molar-refractivity contribution in [2.45, 2.75) is 19.9 Å². The molecule has 1 aromatic carbocycles. The van der Waals surface area contributed by atoms with E-state index in [1.165, 1.54) is 0 Å². The molecule has 2 rings (SSSR count). The molecule has 2 nitrogen and oxygen atoms in total. The van der Waals surface area contributed by atoms with Gasteiger partial charge in [-0.1, -0.05) is 21.9 Å². The Morgan fingerprint density at radius 2 is 2.24 bits per heavy atom. The van der Waals surface area contributed by atoms with Crippen molar-refractivity contribution in [2.75, 3.05) is 6.54 Å². The molecular weight excluding hydrogens is 278 g/mol. The Morgan fingerprint density at radius 1 is 1.41 bits per heavy atom. The zero-order valence-electron chi connectivity index (χ0n) is 9.88. The molecule has 1 N–H and O–H groups in total. The molecule has 0 bridgehead atoms. The predicted molar refractivity (Wildman–Crippen MR) is 73.8 cm³/mol. The number of furan rings is 1. The van der Waals surface area contributed by atoms with Crippen LogP contribution in [0.4, 0.5) is 0 Å². The molecule has 0 amide bonds.